The third kappa shape index (κ3) is 4.53. The number of hydrogen-bond donors (Lipinski definition) is 0. The fourth-order valence-electron chi connectivity index (χ4n) is 3.60. The van der Waals surface area contributed by atoms with Crippen LogP contribution in [-0.4, -0.2) is 26.0 Å². The minimum Gasteiger partial charge on any atom is -0.458 e. The van der Waals surface area contributed by atoms with Gasteiger partial charge < -0.3 is 4.74 Å². The highest BCUT2D eigenvalue weighted by atomic mass is 32.1. The maximum atomic E-state index is 12.8. The average Bonchev–Trinajstić information content (AvgIpc) is 3.30. The first-order valence-electron chi connectivity index (χ1n) is 10.6. The highest BCUT2D eigenvalue weighted by Crippen LogP contribution is 2.28. The Hall–Kier alpha value is -4.05. The number of thiazole rings is 1. The molecule has 174 valence electrons. The van der Waals surface area contributed by atoms with Crippen molar-refractivity contribution in [2.75, 3.05) is 4.90 Å². The number of hydrogen-bond acceptors (Lipinski definition) is 7. The highest BCUT2D eigenvalue weighted by Gasteiger charge is 2.19. The number of nitrogens with zero attached hydrogens (tertiary/aromatic N) is 4. The van der Waals surface area contributed by atoms with E-state index < -0.39 is 17.2 Å². The number of para-hydroxylation sites is 2. The van der Waals surface area contributed by atoms with Gasteiger partial charge in [-0.15, -0.1) is 11.3 Å². The van der Waals surface area contributed by atoms with Crippen molar-refractivity contribution in [1.82, 2.24) is 14.1 Å². The van der Waals surface area contributed by atoms with E-state index in [1.807, 2.05) is 18.2 Å². The van der Waals surface area contributed by atoms with Gasteiger partial charge in [0, 0.05) is 18.8 Å². The maximum Gasteiger partial charge on any atom is 0.332 e. The lowest BCUT2D eigenvalue weighted by Crippen LogP contribution is -2.40. The number of benzene rings is 2. The molecule has 1 amide bonds. The molecule has 2 heterocycles. The summed E-state index contributed by atoms with van der Waals surface area (Å²) >= 11 is 1.26. The van der Waals surface area contributed by atoms with Gasteiger partial charge in [-0.05, 0) is 31.2 Å². The van der Waals surface area contributed by atoms with Gasteiger partial charge in [-0.3, -0.25) is 28.4 Å². The molecule has 4 aromatic rings. The van der Waals surface area contributed by atoms with Crippen LogP contribution >= 0.6 is 11.3 Å². The van der Waals surface area contributed by atoms with Crippen LogP contribution in [-0.2, 0) is 34.0 Å². The van der Waals surface area contributed by atoms with Gasteiger partial charge in [0.2, 0.25) is 5.91 Å². The van der Waals surface area contributed by atoms with Crippen LogP contribution in [0.25, 0.3) is 10.9 Å². The molecule has 0 spiro atoms. The zero-order valence-corrected chi connectivity index (χ0v) is 19.4. The molecule has 0 fully saturated rings. The molecular weight excluding hydrogens is 456 g/mol. The molecule has 2 aromatic heterocycles. The molecule has 34 heavy (non-hydrogen) atoms. The molecule has 0 aliphatic heterocycles. The van der Waals surface area contributed by atoms with E-state index in [-0.39, 0.29) is 25.6 Å². The minimum absolute atomic E-state index is 0.115. The Labute approximate surface area is 198 Å². The van der Waals surface area contributed by atoms with Gasteiger partial charge in [0.1, 0.15) is 13.2 Å². The van der Waals surface area contributed by atoms with Crippen LogP contribution in [0.4, 0.5) is 10.8 Å². The molecule has 0 saturated heterocycles. The molecular formula is C24H22N4O5S. The summed E-state index contributed by atoms with van der Waals surface area (Å²) in [4.78, 5) is 56.0. The predicted octanol–water partition coefficient (Wildman–Crippen LogP) is 3.07. The Kier molecular flexibility index (Phi) is 6.69. The number of rotatable bonds is 7. The van der Waals surface area contributed by atoms with Gasteiger partial charge in [-0.25, -0.2) is 9.78 Å². The summed E-state index contributed by atoms with van der Waals surface area (Å²) in [5.41, 5.74) is 0.571. The van der Waals surface area contributed by atoms with E-state index in [0.717, 1.165) is 4.57 Å². The summed E-state index contributed by atoms with van der Waals surface area (Å²) in [6, 6.07) is 15.8. The van der Waals surface area contributed by atoms with Crippen LogP contribution in [0, 0.1) is 0 Å². The average molecular weight is 479 g/mol. The molecule has 0 aliphatic carbocycles. The summed E-state index contributed by atoms with van der Waals surface area (Å²) in [5, 5.41) is 2.52. The molecule has 0 saturated carbocycles. The fraction of sp³-hybridized carbons (Fsp3) is 0.208. The van der Waals surface area contributed by atoms with E-state index in [0.29, 0.717) is 27.4 Å². The Morgan fingerprint density at radius 2 is 1.74 bits per heavy atom. The Bertz CT molecular complexity index is 1470. The topological polar surface area (TPSA) is 104 Å². The zero-order chi connectivity index (χ0) is 24.2. The first kappa shape index (κ1) is 23.1. The number of aromatic nitrogens is 3. The fourth-order valence-corrected chi connectivity index (χ4v) is 4.47. The standard InChI is InChI=1S/C24H22N4O5S/c1-3-26-22(31)19-11-7-8-12-20(19)27(24(26)32)13-21(30)33-14-17-15-34-23(25-17)28(16(2)29)18-9-5-4-6-10-18/h4-12,15H,3,13-14H2,1-2H3. The quantitative estimate of drug-likeness (QED) is 0.378. The normalized spacial score (nSPS) is 10.9. The lowest BCUT2D eigenvalue weighted by Gasteiger charge is -2.17. The van der Waals surface area contributed by atoms with Gasteiger partial charge in [0.25, 0.3) is 5.56 Å². The zero-order valence-electron chi connectivity index (χ0n) is 18.6. The second kappa shape index (κ2) is 9.84. The lowest BCUT2D eigenvalue weighted by molar-refractivity contribution is -0.145. The van der Waals surface area contributed by atoms with Crippen molar-refractivity contribution < 1.29 is 14.3 Å². The number of ether oxygens (including phenoxy) is 1. The molecule has 0 aliphatic rings. The summed E-state index contributed by atoms with van der Waals surface area (Å²) in [6.07, 6.45) is 0. The highest BCUT2D eigenvalue weighted by molar-refractivity contribution is 7.14. The maximum absolute atomic E-state index is 12.8. The van der Waals surface area contributed by atoms with Crippen molar-refractivity contribution in [2.45, 2.75) is 33.5 Å². The van der Waals surface area contributed by atoms with Crippen LogP contribution in [0.2, 0.25) is 0 Å². The van der Waals surface area contributed by atoms with E-state index in [4.69, 9.17) is 4.74 Å². The van der Waals surface area contributed by atoms with Crippen LogP contribution in [0.1, 0.15) is 19.5 Å². The number of fused-ring (bicyclic) bond motifs is 1. The van der Waals surface area contributed by atoms with E-state index in [9.17, 15) is 19.2 Å². The Balaban J connectivity index is 1.52. The van der Waals surface area contributed by atoms with Crippen molar-refractivity contribution in [2.24, 2.45) is 0 Å². The summed E-state index contributed by atoms with van der Waals surface area (Å²) in [6.45, 7) is 2.87. The SMILES string of the molecule is CCn1c(=O)c2ccccc2n(CC(=O)OCc2csc(N(C(C)=O)c3ccccc3)n2)c1=O. The second-order valence-corrected chi connectivity index (χ2v) is 8.24. The van der Waals surface area contributed by atoms with Gasteiger partial charge in [0.15, 0.2) is 5.13 Å². The number of carbonyl (C=O) groups excluding carboxylic acids is 2. The molecule has 0 unspecified atom stereocenters. The molecule has 2 aromatic carbocycles. The monoisotopic (exact) mass is 478 g/mol. The third-order valence-corrected chi connectivity index (χ3v) is 6.05. The molecule has 9 nitrogen and oxygen atoms in total. The molecule has 4 rings (SSSR count). The first-order chi connectivity index (χ1) is 16.4. The van der Waals surface area contributed by atoms with Gasteiger partial charge in [0.05, 0.1) is 22.3 Å². The predicted molar refractivity (Wildman–Crippen MR) is 129 cm³/mol. The van der Waals surface area contributed by atoms with Crippen LogP contribution in [0.5, 0.6) is 0 Å². The van der Waals surface area contributed by atoms with E-state index >= 15 is 0 Å². The first-order valence-corrected chi connectivity index (χ1v) is 11.5. The Morgan fingerprint density at radius 1 is 1.03 bits per heavy atom. The van der Waals surface area contributed by atoms with Crippen LogP contribution in [0.3, 0.4) is 0 Å². The Morgan fingerprint density at radius 3 is 2.44 bits per heavy atom. The summed E-state index contributed by atoms with van der Waals surface area (Å²) in [7, 11) is 0. The number of anilines is 2. The number of carbonyl (C=O) groups is 2. The molecule has 0 bridgehead atoms. The van der Waals surface area contributed by atoms with Gasteiger partial charge >= 0.3 is 11.7 Å². The smallest absolute Gasteiger partial charge is 0.332 e. The lowest BCUT2D eigenvalue weighted by atomic mass is 10.2. The van der Waals surface area contributed by atoms with E-state index in [1.165, 1.54) is 27.7 Å². The van der Waals surface area contributed by atoms with Crippen molar-refractivity contribution in [3.8, 4) is 0 Å². The third-order valence-electron chi connectivity index (χ3n) is 5.18. The summed E-state index contributed by atoms with van der Waals surface area (Å²) in [5.74, 6) is -0.837. The van der Waals surface area contributed by atoms with Gasteiger partial charge in [-0.2, -0.15) is 0 Å². The van der Waals surface area contributed by atoms with Crippen LogP contribution < -0.4 is 16.1 Å². The number of amides is 1. The van der Waals surface area contributed by atoms with Crippen LogP contribution in [0.15, 0.2) is 69.6 Å². The largest absolute Gasteiger partial charge is 0.458 e. The van der Waals surface area contributed by atoms with Crippen molar-refractivity contribution in [3.63, 3.8) is 0 Å². The molecule has 10 heteroatoms. The molecule has 0 atom stereocenters. The van der Waals surface area contributed by atoms with Crippen molar-refractivity contribution in [1.29, 1.82) is 0 Å². The van der Waals surface area contributed by atoms with Crippen molar-refractivity contribution in [3.05, 3.63) is 86.5 Å². The number of esters is 1. The van der Waals surface area contributed by atoms with E-state index in [2.05, 4.69) is 4.98 Å². The molecule has 0 N–H and O–H groups in total. The molecule has 0 radical (unpaired) electrons. The van der Waals surface area contributed by atoms with E-state index in [1.54, 1.807) is 48.7 Å². The summed E-state index contributed by atoms with van der Waals surface area (Å²) < 4.78 is 7.68. The van der Waals surface area contributed by atoms with Crippen molar-refractivity contribution >= 4 is 44.9 Å². The minimum atomic E-state index is -0.644. The van der Waals surface area contributed by atoms with Gasteiger partial charge in [-0.1, -0.05) is 30.3 Å². The second-order valence-electron chi connectivity index (χ2n) is 7.41.